The zero-order chi connectivity index (χ0) is 24.4. The zero-order valence-electron chi connectivity index (χ0n) is 18.3. The van der Waals surface area contributed by atoms with Crippen LogP contribution in [0.4, 0.5) is 13.6 Å². The quantitative estimate of drug-likeness (QED) is 0.455. The van der Waals surface area contributed by atoms with Crippen LogP contribution in [0.25, 0.3) is 11.1 Å². The molecule has 0 aromatic heterocycles. The van der Waals surface area contributed by atoms with Gasteiger partial charge in [0, 0.05) is 24.1 Å². The molecule has 3 N–H and O–H groups in total. The van der Waals surface area contributed by atoms with Gasteiger partial charge < -0.3 is 20.3 Å². The van der Waals surface area contributed by atoms with Crippen molar-refractivity contribution in [3.63, 3.8) is 0 Å². The number of aliphatic hydroxyl groups is 2. The molecular formula is C26H23F2NO5. The van der Waals surface area contributed by atoms with Gasteiger partial charge in [-0.05, 0) is 35.2 Å². The van der Waals surface area contributed by atoms with Gasteiger partial charge in [0.15, 0.2) is 5.78 Å². The molecule has 0 heterocycles. The summed E-state index contributed by atoms with van der Waals surface area (Å²) in [5, 5.41) is 22.8. The second kappa shape index (κ2) is 9.70. The summed E-state index contributed by atoms with van der Waals surface area (Å²) in [5.74, 6) is -2.98. The fraction of sp³-hybridized carbons (Fsp3) is 0.231. The summed E-state index contributed by atoms with van der Waals surface area (Å²) in [5.41, 5.74) is 3.38. The Labute approximate surface area is 194 Å². The van der Waals surface area contributed by atoms with Crippen molar-refractivity contribution < 1.29 is 33.3 Å². The molecule has 6 nitrogen and oxygen atoms in total. The van der Waals surface area contributed by atoms with E-state index in [-0.39, 0.29) is 12.5 Å². The van der Waals surface area contributed by atoms with Crippen LogP contribution in [0.1, 0.15) is 46.0 Å². The van der Waals surface area contributed by atoms with E-state index in [1.165, 1.54) is 0 Å². The van der Waals surface area contributed by atoms with Gasteiger partial charge in [0.05, 0.1) is 5.56 Å². The molecule has 2 unspecified atom stereocenters. The van der Waals surface area contributed by atoms with Crippen molar-refractivity contribution >= 4 is 11.9 Å². The third-order valence-corrected chi connectivity index (χ3v) is 5.95. The first-order valence-electron chi connectivity index (χ1n) is 10.7. The average Bonchev–Trinajstić information content (AvgIpc) is 3.14. The van der Waals surface area contributed by atoms with E-state index < -0.39 is 53.4 Å². The van der Waals surface area contributed by atoms with Gasteiger partial charge in [0.25, 0.3) is 0 Å². The van der Waals surface area contributed by atoms with Gasteiger partial charge in [-0.3, -0.25) is 4.79 Å². The van der Waals surface area contributed by atoms with Crippen LogP contribution in [0.15, 0.2) is 60.7 Å². The van der Waals surface area contributed by atoms with E-state index in [9.17, 15) is 28.6 Å². The Balaban J connectivity index is 1.37. The molecule has 1 amide bonds. The summed E-state index contributed by atoms with van der Waals surface area (Å²) < 4.78 is 33.2. The SMILES string of the molecule is CC(=O)c1cc(C(O)C(O)CNC(=O)OCC2c3ccccc3-c3ccccc32)c(F)cc1F. The number of ether oxygens (including phenoxy) is 1. The van der Waals surface area contributed by atoms with Crippen molar-refractivity contribution in [1.82, 2.24) is 5.32 Å². The number of aliphatic hydroxyl groups excluding tert-OH is 2. The van der Waals surface area contributed by atoms with Crippen molar-refractivity contribution in [2.24, 2.45) is 0 Å². The first-order chi connectivity index (χ1) is 16.3. The van der Waals surface area contributed by atoms with E-state index in [2.05, 4.69) is 5.32 Å². The highest BCUT2D eigenvalue weighted by molar-refractivity contribution is 5.94. The number of halogens is 2. The Morgan fingerprint density at radius 3 is 2.15 bits per heavy atom. The molecule has 0 saturated heterocycles. The minimum absolute atomic E-state index is 0.0626. The molecule has 0 saturated carbocycles. The maximum absolute atomic E-state index is 14.1. The molecule has 34 heavy (non-hydrogen) atoms. The molecule has 8 heteroatoms. The van der Waals surface area contributed by atoms with Crippen LogP contribution in [0, 0.1) is 11.6 Å². The van der Waals surface area contributed by atoms with Crippen LogP contribution in [0.5, 0.6) is 0 Å². The number of fused-ring (bicyclic) bond motifs is 3. The summed E-state index contributed by atoms with van der Waals surface area (Å²) >= 11 is 0. The predicted octanol–water partition coefficient (Wildman–Crippen LogP) is 4.10. The molecule has 0 radical (unpaired) electrons. The molecule has 3 aromatic carbocycles. The molecule has 1 aliphatic rings. The van der Waals surface area contributed by atoms with Crippen molar-refractivity contribution in [1.29, 1.82) is 0 Å². The number of hydrogen-bond acceptors (Lipinski definition) is 5. The lowest BCUT2D eigenvalue weighted by Crippen LogP contribution is -2.36. The lowest BCUT2D eigenvalue weighted by Gasteiger charge is -2.20. The van der Waals surface area contributed by atoms with Crippen LogP contribution in [0.2, 0.25) is 0 Å². The van der Waals surface area contributed by atoms with Crippen molar-refractivity contribution in [3.8, 4) is 11.1 Å². The summed E-state index contributed by atoms with van der Waals surface area (Å²) in [7, 11) is 0. The maximum atomic E-state index is 14.1. The fourth-order valence-corrected chi connectivity index (χ4v) is 4.22. The van der Waals surface area contributed by atoms with Crippen molar-refractivity contribution in [2.45, 2.75) is 25.0 Å². The minimum atomic E-state index is -1.80. The fourth-order valence-electron chi connectivity index (χ4n) is 4.22. The minimum Gasteiger partial charge on any atom is -0.449 e. The third kappa shape index (κ3) is 4.55. The van der Waals surface area contributed by atoms with E-state index in [0.29, 0.717) is 6.07 Å². The van der Waals surface area contributed by atoms with Gasteiger partial charge in [-0.2, -0.15) is 0 Å². The van der Waals surface area contributed by atoms with Crippen molar-refractivity contribution in [3.05, 3.63) is 94.6 Å². The van der Waals surface area contributed by atoms with Crippen LogP contribution >= 0.6 is 0 Å². The van der Waals surface area contributed by atoms with Crippen LogP contribution in [-0.2, 0) is 4.74 Å². The largest absolute Gasteiger partial charge is 0.449 e. The number of rotatable bonds is 7. The zero-order valence-corrected chi connectivity index (χ0v) is 18.3. The second-order valence-corrected chi connectivity index (χ2v) is 8.13. The summed E-state index contributed by atoms with van der Waals surface area (Å²) in [4.78, 5) is 23.7. The van der Waals surface area contributed by atoms with Gasteiger partial charge in [-0.15, -0.1) is 0 Å². The Hall–Kier alpha value is -3.62. The smallest absolute Gasteiger partial charge is 0.407 e. The highest BCUT2D eigenvalue weighted by atomic mass is 19.1. The first kappa shape index (κ1) is 23.5. The molecule has 176 valence electrons. The first-order valence-corrected chi connectivity index (χ1v) is 10.7. The number of carbonyl (C=O) groups excluding carboxylic acids is 2. The molecule has 0 aliphatic heterocycles. The van der Waals surface area contributed by atoms with E-state index >= 15 is 0 Å². The summed E-state index contributed by atoms with van der Waals surface area (Å²) in [6.07, 6.45) is -4.25. The molecule has 0 fully saturated rings. The number of carbonyl (C=O) groups is 2. The van der Waals surface area contributed by atoms with Gasteiger partial charge in [-0.25, -0.2) is 13.6 Å². The predicted molar refractivity (Wildman–Crippen MR) is 120 cm³/mol. The van der Waals surface area contributed by atoms with E-state index in [1.54, 1.807) is 0 Å². The monoisotopic (exact) mass is 467 g/mol. The Morgan fingerprint density at radius 1 is 0.971 bits per heavy atom. The number of benzene rings is 3. The maximum Gasteiger partial charge on any atom is 0.407 e. The molecule has 1 aliphatic carbocycles. The van der Waals surface area contributed by atoms with Gasteiger partial charge in [0.1, 0.15) is 30.4 Å². The van der Waals surface area contributed by atoms with E-state index in [4.69, 9.17) is 4.74 Å². The van der Waals surface area contributed by atoms with Crippen LogP contribution in [-0.4, -0.2) is 41.3 Å². The molecular weight excluding hydrogens is 444 g/mol. The highest BCUT2D eigenvalue weighted by Crippen LogP contribution is 2.44. The summed E-state index contributed by atoms with van der Waals surface area (Å²) in [6, 6.07) is 17.0. The number of alkyl carbamates (subject to hydrolysis) is 1. The van der Waals surface area contributed by atoms with Crippen LogP contribution in [0.3, 0.4) is 0 Å². The third-order valence-electron chi connectivity index (χ3n) is 5.95. The molecule has 2 atom stereocenters. The topological polar surface area (TPSA) is 95.9 Å². The molecule has 0 spiro atoms. The number of nitrogens with one attached hydrogen (secondary N) is 1. The Kier molecular flexibility index (Phi) is 6.72. The number of ketones is 1. The van der Waals surface area contributed by atoms with Gasteiger partial charge in [0.2, 0.25) is 0 Å². The van der Waals surface area contributed by atoms with Crippen molar-refractivity contribution in [2.75, 3.05) is 13.2 Å². The van der Waals surface area contributed by atoms with Crippen LogP contribution < -0.4 is 5.32 Å². The Morgan fingerprint density at radius 2 is 1.56 bits per heavy atom. The standard InChI is InChI=1S/C26H23F2NO5/c1-14(30)19-10-20(23(28)11-22(19)27)25(32)24(31)12-29-26(33)34-13-21-17-8-4-2-6-15(17)16-7-3-5-9-18(16)21/h2-11,21,24-25,31-32H,12-13H2,1H3,(H,29,33). The highest BCUT2D eigenvalue weighted by Gasteiger charge is 2.29. The number of Topliss-reactive ketones (excluding diaryl/α,β-unsaturated/α-hetero) is 1. The van der Waals surface area contributed by atoms with Gasteiger partial charge >= 0.3 is 6.09 Å². The molecule has 3 aromatic rings. The number of hydrogen-bond donors (Lipinski definition) is 3. The van der Waals surface area contributed by atoms with Gasteiger partial charge in [-0.1, -0.05) is 48.5 Å². The second-order valence-electron chi connectivity index (χ2n) is 8.13. The Bertz CT molecular complexity index is 1200. The van der Waals surface area contributed by atoms with E-state index in [1.807, 2.05) is 48.5 Å². The normalized spacial score (nSPS) is 14.1. The molecule has 0 bridgehead atoms. The lowest BCUT2D eigenvalue weighted by molar-refractivity contribution is 0.0164. The molecule has 4 rings (SSSR count). The summed E-state index contributed by atoms with van der Waals surface area (Å²) in [6.45, 7) is 0.707. The average molecular weight is 467 g/mol. The number of amides is 1. The van der Waals surface area contributed by atoms with E-state index in [0.717, 1.165) is 35.2 Å². The lowest BCUT2D eigenvalue weighted by atomic mass is 9.98.